The Hall–Kier alpha value is -3.50. The molecule has 2 fully saturated rings. The third kappa shape index (κ3) is 10.7. The van der Waals surface area contributed by atoms with E-state index in [0.717, 1.165) is 32.1 Å². The zero-order chi connectivity index (χ0) is 36.4. The summed E-state index contributed by atoms with van der Waals surface area (Å²) in [4.78, 5) is 48.5. The number of carbonyl (C=O) groups excluding carboxylic acids is 2. The maximum absolute atomic E-state index is 12.5. The summed E-state index contributed by atoms with van der Waals surface area (Å²) >= 11 is 11.9. The summed E-state index contributed by atoms with van der Waals surface area (Å²) in [5.74, 6) is 0.109. The zero-order valence-electron chi connectivity index (χ0n) is 29.1. The van der Waals surface area contributed by atoms with Crippen molar-refractivity contribution in [2.45, 2.75) is 102 Å². The number of aliphatic carboxylic acids is 2. The van der Waals surface area contributed by atoms with Gasteiger partial charge < -0.3 is 30.3 Å². The molecule has 0 bridgehead atoms. The van der Waals surface area contributed by atoms with Gasteiger partial charge in [-0.15, -0.1) is 0 Å². The van der Waals surface area contributed by atoms with Gasteiger partial charge in [-0.3, -0.25) is 9.59 Å². The highest BCUT2D eigenvalue weighted by molar-refractivity contribution is 6.31. The van der Waals surface area contributed by atoms with Gasteiger partial charge in [-0.05, 0) is 93.4 Å². The number of rotatable bonds is 12. The van der Waals surface area contributed by atoms with E-state index in [-0.39, 0.29) is 24.7 Å². The van der Waals surface area contributed by atoms with Crippen molar-refractivity contribution in [3.05, 3.63) is 57.6 Å². The van der Waals surface area contributed by atoms with Gasteiger partial charge >= 0.3 is 11.9 Å². The standard InChI is InChI=1S/C19H26ClNO4.C18H24ClNO4/c1-12(2)13-6-8-19(9-7-13,18(23)24)21-17(22)10-14-4-5-15(20)11-16(14)25-3;1-3-12-6-8-18(9-7-12,17(22)23)20-16(21)10-13-4-5-14(19)11-15(13)24-2/h4-5,11-13H,6-10H2,1-3H3,(H,21,22)(H,23,24);4-5,11-12H,3,6-10H2,1-2H3,(H,20,21)(H,22,23). The smallest absolute Gasteiger partial charge is 0.329 e. The van der Waals surface area contributed by atoms with Crippen molar-refractivity contribution in [1.82, 2.24) is 10.6 Å². The topological polar surface area (TPSA) is 151 Å². The van der Waals surface area contributed by atoms with Gasteiger partial charge in [0.15, 0.2) is 0 Å². The quantitative estimate of drug-likeness (QED) is 0.181. The molecule has 270 valence electrons. The number of benzene rings is 2. The highest BCUT2D eigenvalue weighted by atomic mass is 35.5. The second kappa shape index (κ2) is 17.9. The van der Waals surface area contributed by atoms with Gasteiger partial charge in [0, 0.05) is 21.2 Å². The van der Waals surface area contributed by atoms with Crippen molar-refractivity contribution in [2.24, 2.45) is 17.8 Å². The first-order valence-corrected chi connectivity index (χ1v) is 17.7. The maximum atomic E-state index is 12.5. The molecule has 2 aliphatic rings. The maximum Gasteiger partial charge on any atom is 0.329 e. The molecule has 0 atom stereocenters. The summed E-state index contributed by atoms with van der Waals surface area (Å²) in [5, 5.41) is 25.9. The molecule has 0 aliphatic heterocycles. The highest BCUT2D eigenvalue weighted by Gasteiger charge is 2.44. The van der Waals surface area contributed by atoms with Crippen LogP contribution in [0.15, 0.2) is 36.4 Å². The number of ether oxygens (including phenoxy) is 2. The molecule has 2 amide bonds. The van der Waals surface area contributed by atoms with Gasteiger partial charge in [-0.1, -0.05) is 62.5 Å². The second-order valence-electron chi connectivity index (χ2n) is 13.6. The Labute approximate surface area is 299 Å². The summed E-state index contributed by atoms with van der Waals surface area (Å²) in [7, 11) is 3.02. The fourth-order valence-corrected chi connectivity index (χ4v) is 7.18. The second-order valence-corrected chi connectivity index (χ2v) is 14.4. The number of hydrogen-bond donors (Lipinski definition) is 4. The normalized spacial score (nSPS) is 23.4. The summed E-state index contributed by atoms with van der Waals surface area (Å²) in [5.41, 5.74) is -0.951. The Kier molecular flexibility index (Phi) is 14.6. The van der Waals surface area contributed by atoms with Gasteiger partial charge in [0.2, 0.25) is 11.8 Å². The molecular weight excluding hydrogens is 671 g/mol. The molecule has 0 radical (unpaired) electrons. The molecule has 0 saturated heterocycles. The lowest BCUT2D eigenvalue weighted by Gasteiger charge is -2.38. The van der Waals surface area contributed by atoms with Crippen LogP contribution in [-0.4, -0.2) is 59.3 Å². The molecule has 4 N–H and O–H groups in total. The molecule has 49 heavy (non-hydrogen) atoms. The zero-order valence-corrected chi connectivity index (χ0v) is 30.6. The molecule has 0 unspecified atom stereocenters. The SMILES string of the molecule is CCC1CCC(NC(=O)Cc2ccc(Cl)cc2OC)(C(=O)O)CC1.COc1cc(Cl)ccc1CC(=O)NC1(C(=O)O)CCC(C(C)C)CC1. The van der Waals surface area contributed by atoms with Crippen LogP contribution in [-0.2, 0) is 32.0 Å². The van der Waals surface area contributed by atoms with Gasteiger partial charge in [0.25, 0.3) is 0 Å². The van der Waals surface area contributed by atoms with Gasteiger partial charge in [0.1, 0.15) is 22.6 Å². The average molecular weight is 722 g/mol. The number of halogens is 2. The molecule has 0 spiro atoms. The van der Waals surface area contributed by atoms with Crippen LogP contribution < -0.4 is 20.1 Å². The third-order valence-corrected chi connectivity index (χ3v) is 10.6. The van der Waals surface area contributed by atoms with Gasteiger partial charge in [-0.25, -0.2) is 9.59 Å². The fraction of sp³-hybridized carbons (Fsp3) is 0.568. The van der Waals surface area contributed by atoms with Crippen LogP contribution in [0.4, 0.5) is 0 Å². The third-order valence-electron chi connectivity index (χ3n) is 10.1. The van der Waals surface area contributed by atoms with Crippen LogP contribution in [0, 0.1) is 17.8 Å². The van der Waals surface area contributed by atoms with Crippen molar-refractivity contribution in [3.8, 4) is 11.5 Å². The first-order valence-electron chi connectivity index (χ1n) is 16.9. The van der Waals surface area contributed by atoms with Crippen molar-refractivity contribution in [2.75, 3.05) is 14.2 Å². The molecule has 4 rings (SSSR count). The molecule has 0 heterocycles. The fourth-order valence-electron chi connectivity index (χ4n) is 6.86. The Morgan fingerprint density at radius 2 is 1.14 bits per heavy atom. The number of carboxylic acid groups (broad SMARTS) is 2. The van der Waals surface area contributed by atoms with Crippen LogP contribution in [0.2, 0.25) is 10.0 Å². The Morgan fingerprint density at radius 1 is 0.755 bits per heavy atom. The Morgan fingerprint density at radius 3 is 1.47 bits per heavy atom. The molecule has 2 saturated carbocycles. The van der Waals surface area contributed by atoms with Crippen molar-refractivity contribution >= 4 is 47.0 Å². The lowest BCUT2D eigenvalue weighted by Crippen LogP contribution is -2.57. The van der Waals surface area contributed by atoms with Crippen LogP contribution in [0.5, 0.6) is 11.5 Å². The Balaban J connectivity index is 0.000000266. The predicted molar refractivity (Wildman–Crippen MR) is 189 cm³/mol. The first-order chi connectivity index (χ1) is 23.2. The van der Waals surface area contributed by atoms with E-state index in [0.29, 0.717) is 76.1 Å². The Bertz CT molecular complexity index is 1460. The lowest BCUT2D eigenvalue weighted by molar-refractivity contribution is -0.150. The molecule has 2 aromatic carbocycles. The molecule has 2 aromatic rings. The lowest BCUT2D eigenvalue weighted by atomic mass is 9.72. The van der Waals surface area contributed by atoms with E-state index in [9.17, 15) is 29.4 Å². The highest BCUT2D eigenvalue weighted by Crippen LogP contribution is 2.37. The van der Waals surface area contributed by atoms with Crippen molar-refractivity contribution < 1.29 is 38.9 Å². The summed E-state index contributed by atoms with van der Waals surface area (Å²) < 4.78 is 10.5. The summed E-state index contributed by atoms with van der Waals surface area (Å²) in [6.07, 6.45) is 6.34. The van der Waals surface area contributed by atoms with Crippen LogP contribution in [0.3, 0.4) is 0 Å². The number of nitrogens with one attached hydrogen (secondary N) is 2. The van der Waals surface area contributed by atoms with Crippen LogP contribution in [0.25, 0.3) is 0 Å². The van der Waals surface area contributed by atoms with E-state index in [1.54, 1.807) is 36.4 Å². The first kappa shape index (κ1) is 39.9. The average Bonchev–Trinajstić information content (AvgIpc) is 3.06. The molecular formula is C37H50Cl2N2O8. The minimum absolute atomic E-state index is 0.0585. The largest absolute Gasteiger partial charge is 0.496 e. The number of hydrogen-bond acceptors (Lipinski definition) is 6. The van der Waals surface area contributed by atoms with Crippen LogP contribution in [0.1, 0.15) is 89.7 Å². The van der Waals surface area contributed by atoms with E-state index in [1.165, 1.54) is 14.2 Å². The number of carbonyl (C=O) groups is 4. The molecule has 0 aromatic heterocycles. The minimum atomic E-state index is -1.16. The molecule has 2 aliphatic carbocycles. The van der Waals surface area contributed by atoms with E-state index in [4.69, 9.17) is 32.7 Å². The van der Waals surface area contributed by atoms with Gasteiger partial charge in [-0.2, -0.15) is 0 Å². The molecule has 10 nitrogen and oxygen atoms in total. The van der Waals surface area contributed by atoms with E-state index < -0.39 is 23.0 Å². The van der Waals surface area contributed by atoms with E-state index in [1.807, 2.05) is 0 Å². The van der Waals surface area contributed by atoms with Crippen molar-refractivity contribution in [1.29, 1.82) is 0 Å². The molecule has 12 heteroatoms. The van der Waals surface area contributed by atoms with Crippen LogP contribution >= 0.6 is 23.2 Å². The number of carboxylic acids is 2. The summed E-state index contributed by atoms with van der Waals surface area (Å²) in [6.45, 7) is 6.43. The van der Waals surface area contributed by atoms with Gasteiger partial charge in [0.05, 0.1) is 27.1 Å². The monoisotopic (exact) mass is 720 g/mol. The van der Waals surface area contributed by atoms with E-state index in [2.05, 4.69) is 31.4 Å². The predicted octanol–water partition coefficient (Wildman–Crippen LogP) is 7.11. The van der Waals surface area contributed by atoms with Crippen molar-refractivity contribution in [3.63, 3.8) is 0 Å². The minimum Gasteiger partial charge on any atom is -0.496 e. The van der Waals surface area contributed by atoms with E-state index >= 15 is 0 Å². The summed E-state index contributed by atoms with van der Waals surface area (Å²) in [6, 6.07) is 10.1. The number of methoxy groups -OCH3 is 2. The number of amides is 2.